The molecule has 1 aromatic heterocycles. The number of nitrogens with zero attached hydrogens (tertiary/aromatic N) is 2. The maximum absolute atomic E-state index is 12.3. The van der Waals surface area contributed by atoms with Crippen molar-refractivity contribution in [3.8, 4) is 5.75 Å². The van der Waals surface area contributed by atoms with Gasteiger partial charge in [0.1, 0.15) is 5.69 Å². The van der Waals surface area contributed by atoms with Crippen molar-refractivity contribution >= 4 is 5.78 Å². The average molecular weight is 267 g/mol. The van der Waals surface area contributed by atoms with Crippen molar-refractivity contribution in [1.29, 1.82) is 0 Å². The summed E-state index contributed by atoms with van der Waals surface area (Å²) in [6, 6.07) is 0. The van der Waals surface area contributed by atoms with Gasteiger partial charge in [-0.25, -0.2) is 0 Å². The van der Waals surface area contributed by atoms with Crippen molar-refractivity contribution in [2.45, 2.75) is 46.6 Å². The molecule has 1 aromatic rings. The van der Waals surface area contributed by atoms with Gasteiger partial charge in [0.25, 0.3) is 0 Å². The molecule has 1 rings (SSSR count). The molecule has 0 aromatic carbocycles. The van der Waals surface area contributed by atoms with Crippen molar-refractivity contribution in [1.82, 2.24) is 9.78 Å². The molecule has 5 nitrogen and oxygen atoms in total. The number of aryl methyl sites for hydroxylation is 1. The Labute approximate surface area is 115 Å². The second-order valence-corrected chi connectivity index (χ2v) is 5.50. The van der Waals surface area contributed by atoms with Crippen molar-refractivity contribution in [2.75, 3.05) is 13.7 Å². The number of carbonyl (C=O) groups is 1. The number of hydrogen-bond donors (Lipinski definition) is 1. The van der Waals surface area contributed by atoms with Crippen LogP contribution in [0.1, 0.15) is 50.5 Å². The van der Waals surface area contributed by atoms with Crippen LogP contribution in [0.2, 0.25) is 0 Å². The Morgan fingerprint density at radius 2 is 2.16 bits per heavy atom. The van der Waals surface area contributed by atoms with Gasteiger partial charge in [-0.05, 0) is 31.7 Å². The molecule has 2 N–H and O–H groups in total. The summed E-state index contributed by atoms with van der Waals surface area (Å²) in [5.74, 6) is 0.643. The molecule has 1 heterocycles. The highest BCUT2D eigenvalue weighted by molar-refractivity contribution is 5.97. The van der Waals surface area contributed by atoms with E-state index in [1.54, 1.807) is 18.0 Å². The summed E-state index contributed by atoms with van der Waals surface area (Å²) < 4.78 is 6.90. The molecule has 0 amide bonds. The van der Waals surface area contributed by atoms with Crippen LogP contribution in [0.15, 0.2) is 6.20 Å². The van der Waals surface area contributed by atoms with Crippen LogP contribution in [-0.4, -0.2) is 29.2 Å². The lowest BCUT2D eigenvalue weighted by atomic mass is 9.83. The van der Waals surface area contributed by atoms with E-state index in [2.05, 4.69) is 18.9 Å². The summed E-state index contributed by atoms with van der Waals surface area (Å²) in [7, 11) is 1.56. The summed E-state index contributed by atoms with van der Waals surface area (Å²) in [4.78, 5) is 12.3. The molecule has 0 unspecified atom stereocenters. The molecule has 0 aliphatic carbocycles. The fraction of sp³-hybridized carbons (Fsp3) is 0.714. The van der Waals surface area contributed by atoms with E-state index < -0.39 is 0 Å². The van der Waals surface area contributed by atoms with Crippen molar-refractivity contribution in [2.24, 2.45) is 11.1 Å². The normalized spacial score (nSPS) is 11.6. The molecule has 0 radical (unpaired) electrons. The largest absolute Gasteiger partial charge is 0.493 e. The monoisotopic (exact) mass is 267 g/mol. The average Bonchev–Trinajstić information content (AvgIpc) is 2.78. The van der Waals surface area contributed by atoms with Crippen LogP contribution in [0.4, 0.5) is 0 Å². The van der Waals surface area contributed by atoms with E-state index in [0.29, 0.717) is 31.0 Å². The third kappa shape index (κ3) is 4.06. The van der Waals surface area contributed by atoms with Gasteiger partial charge in [-0.15, -0.1) is 0 Å². The highest BCUT2D eigenvalue weighted by Gasteiger charge is 2.23. The summed E-state index contributed by atoms with van der Waals surface area (Å²) in [6.07, 6.45) is 3.84. The van der Waals surface area contributed by atoms with Crippen LogP contribution in [0.25, 0.3) is 0 Å². The molecule has 0 atom stereocenters. The number of ether oxygens (including phenoxy) is 1. The molecule has 108 valence electrons. The van der Waals surface area contributed by atoms with E-state index in [1.807, 2.05) is 6.92 Å². The van der Waals surface area contributed by atoms with Gasteiger partial charge >= 0.3 is 0 Å². The zero-order chi connectivity index (χ0) is 14.5. The Bertz CT molecular complexity index is 403. The first kappa shape index (κ1) is 15.7. The predicted molar refractivity (Wildman–Crippen MR) is 75.5 cm³/mol. The van der Waals surface area contributed by atoms with Crippen LogP contribution in [0.5, 0.6) is 5.75 Å². The van der Waals surface area contributed by atoms with Gasteiger partial charge in [-0.1, -0.05) is 13.8 Å². The van der Waals surface area contributed by atoms with Gasteiger partial charge in [0.05, 0.1) is 13.3 Å². The Morgan fingerprint density at radius 3 is 2.68 bits per heavy atom. The first-order valence-corrected chi connectivity index (χ1v) is 6.78. The lowest BCUT2D eigenvalue weighted by Crippen LogP contribution is -2.19. The standard InChI is InChI=1S/C14H25N3O2/c1-5-17-13(12(19-4)10-16-17)11(18)6-7-14(2,3)8-9-15/h10H,5-9,15H2,1-4H3. The maximum atomic E-state index is 12.3. The topological polar surface area (TPSA) is 70.1 Å². The first-order valence-electron chi connectivity index (χ1n) is 6.78. The zero-order valence-electron chi connectivity index (χ0n) is 12.4. The molecular formula is C14H25N3O2. The minimum absolute atomic E-state index is 0.0845. The number of carbonyl (C=O) groups excluding carboxylic acids is 1. The van der Waals surface area contributed by atoms with E-state index in [9.17, 15) is 4.79 Å². The molecule has 5 heteroatoms. The molecule has 19 heavy (non-hydrogen) atoms. The number of rotatable bonds is 8. The molecule has 0 saturated carbocycles. The Morgan fingerprint density at radius 1 is 1.47 bits per heavy atom. The van der Waals surface area contributed by atoms with Gasteiger partial charge < -0.3 is 10.5 Å². The number of ketones is 1. The molecule has 0 aliphatic heterocycles. The van der Waals surface area contributed by atoms with Crippen LogP contribution >= 0.6 is 0 Å². The number of Topliss-reactive ketones (excluding diaryl/α,β-unsaturated/α-hetero) is 1. The highest BCUT2D eigenvalue weighted by Crippen LogP contribution is 2.28. The SMILES string of the molecule is CCn1ncc(OC)c1C(=O)CCC(C)(C)CCN. The van der Waals surface area contributed by atoms with Crippen LogP contribution in [0, 0.1) is 5.41 Å². The molecule has 0 saturated heterocycles. The fourth-order valence-electron chi connectivity index (χ4n) is 2.12. The Balaban J connectivity index is 2.75. The van der Waals surface area contributed by atoms with Crippen molar-refractivity contribution in [3.63, 3.8) is 0 Å². The van der Waals surface area contributed by atoms with Crippen molar-refractivity contribution < 1.29 is 9.53 Å². The quantitative estimate of drug-likeness (QED) is 0.733. The number of methoxy groups -OCH3 is 1. The van der Waals surface area contributed by atoms with E-state index in [-0.39, 0.29) is 11.2 Å². The van der Waals surface area contributed by atoms with Crippen LogP contribution < -0.4 is 10.5 Å². The third-order valence-electron chi connectivity index (χ3n) is 3.44. The summed E-state index contributed by atoms with van der Waals surface area (Å²) in [5, 5.41) is 4.16. The molecule has 0 spiro atoms. The van der Waals surface area contributed by atoms with Gasteiger partial charge in [-0.2, -0.15) is 5.10 Å². The first-order chi connectivity index (χ1) is 8.95. The summed E-state index contributed by atoms with van der Waals surface area (Å²) >= 11 is 0. The second kappa shape index (κ2) is 6.70. The Kier molecular flexibility index (Phi) is 5.54. The van der Waals surface area contributed by atoms with Crippen molar-refractivity contribution in [3.05, 3.63) is 11.9 Å². The molecule has 0 aliphatic rings. The predicted octanol–water partition coefficient (Wildman–Crippen LogP) is 2.25. The zero-order valence-corrected chi connectivity index (χ0v) is 12.4. The van der Waals surface area contributed by atoms with Gasteiger partial charge in [0.15, 0.2) is 11.5 Å². The smallest absolute Gasteiger partial charge is 0.184 e. The number of nitrogens with two attached hydrogens (primary N) is 1. The molecular weight excluding hydrogens is 242 g/mol. The number of aromatic nitrogens is 2. The fourth-order valence-corrected chi connectivity index (χ4v) is 2.12. The van der Waals surface area contributed by atoms with E-state index in [4.69, 9.17) is 10.5 Å². The summed E-state index contributed by atoms with van der Waals surface area (Å²) in [5.41, 5.74) is 6.26. The van der Waals surface area contributed by atoms with Crippen LogP contribution in [0.3, 0.4) is 0 Å². The lowest BCUT2D eigenvalue weighted by Gasteiger charge is -2.23. The van der Waals surface area contributed by atoms with Gasteiger partial charge in [-0.3, -0.25) is 9.48 Å². The van der Waals surface area contributed by atoms with Gasteiger partial charge in [0, 0.05) is 13.0 Å². The minimum Gasteiger partial charge on any atom is -0.493 e. The lowest BCUT2D eigenvalue weighted by molar-refractivity contribution is 0.0948. The third-order valence-corrected chi connectivity index (χ3v) is 3.44. The molecule has 0 bridgehead atoms. The van der Waals surface area contributed by atoms with E-state index >= 15 is 0 Å². The summed E-state index contributed by atoms with van der Waals surface area (Å²) in [6.45, 7) is 7.55. The highest BCUT2D eigenvalue weighted by atomic mass is 16.5. The van der Waals surface area contributed by atoms with E-state index in [0.717, 1.165) is 12.8 Å². The number of hydrogen-bond acceptors (Lipinski definition) is 4. The second-order valence-electron chi connectivity index (χ2n) is 5.50. The Hall–Kier alpha value is -1.36. The van der Waals surface area contributed by atoms with E-state index in [1.165, 1.54) is 0 Å². The maximum Gasteiger partial charge on any atom is 0.184 e. The minimum atomic E-state index is 0.0845. The molecule has 0 fully saturated rings. The van der Waals surface area contributed by atoms with Gasteiger partial charge in [0.2, 0.25) is 0 Å². The van der Waals surface area contributed by atoms with Crippen LogP contribution in [-0.2, 0) is 6.54 Å².